The molecule has 0 N–H and O–H groups in total. The molecule has 1 fully saturated rings. The summed E-state index contributed by atoms with van der Waals surface area (Å²) in [5.41, 5.74) is 2.60. The molecule has 2 heterocycles. The quantitative estimate of drug-likeness (QED) is 0.324. The van der Waals surface area contributed by atoms with Crippen LogP contribution in [-0.2, 0) is 27.4 Å². The Morgan fingerprint density at radius 1 is 0.949 bits per heavy atom. The number of methoxy groups -OCH3 is 1. The van der Waals surface area contributed by atoms with Crippen molar-refractivity contribution >= 4 is 23.4 Å². The second kappa shape index (κ2) is 14.8. The Morgan fingerprint density at radius 2 is 1.69 bits per heavy atom. The van der Waals surface area contributed by atoms with E-state index >= 15 is 0 Å². The monoisotopic (exact) mass is 552 g/mol. The zero-order valence-corrected chi connectivity index (χ0v) is 23.3. The van der Waals surface area contributed by atoms with Crippen LogP contribution >= 0.6 is 11.6 Å². The van der Waals surface area contributed by atoms with Crippen LogP contribution in [0.15, 0.2) is 72.9 Å². The number of nitrogens with zero attached hydrogens (tertiary/aromatic N) is 4. The first-order valence-electron chi connectivity index (χ1n) is 13.3. The number of carbonyl (C=O) groups excluding carboxylic acids is 2. The Hall–Kier alpha value is -3.17. The normalized spacial score (nSPS) is 13.8. The highest BCUT2D eigenvalue weighted by Crippen LogP contribution is 2.18. The fourth-order valence-electron chi connectivity index (χ4n) is 4.62. The van der Waals surface area contributed by atoms with Crippen molar-refractivity contribution in [3.63, 3.8) is 0 Å². The Kier molecular flexibility index (Phi) is 11.0. The van der Waals surface area contributed by atoms with E-state index < -0.39 is 0 Å². The zero-order chi connectivity index (χ0) is 27.5. The molecule has 0 radical (unpaired) electrons. The summed E-state index contributed by atoms with van der Waals surface area (Å²) in [5, 5.41) is 0.376. The number of morpholine rings is 1. The molecular formula is C30H37ClN4O4. The Balaban J connectivity index is 1.49. The van der Waals surface area contributed by atoms with E-state index in [1.807, 2.05) is 36.5 Å². The third-order valence-corrected chi connectivity index (χ3v) is 7.23. The first kappa shape index (κ1) is 28.8. The lowest BCUT2D eigenvalue weighted by Crippen LogP contribution is -2.47. The predicted octanol–water partition coefficient (Wildman–Crippen LogP) is 3.64. The van der Waals surface area contributed by atoms with Gasteiger partial charge in [0.05, 0.1) is 37.0 Å². The van der Waals surface area contributed by atoms with Crippen LogP contribution in [0.4, 0.5) is 0 Å². The number of ether oxygens (including phenoxy) is 2. The van der Waals surface area contributed by atoms with Crippen LogP contribution in [0.5, 0.6) is 0 Å². The number of rotatable bonds is 13. The lowest BCUT2D eigenvalue weighted by atomic mass is 10.2. The molecule has 0 aliphatic carbocycles. The number of hydrogen-bond donors (Lipinski definition) is 0. The van der Waals surface area contributed by atoms with Crippen molar-refractivity contribution in [3.05, 3.63) is 94.8 Å². The summed E-state index contributed by atoms with van der Waals surface area (Å²) in [4.78, 5) is 32.9. The van der Waals surface area contributed by atoms with E-state index in [1.165, 1.54) is 5.56 Å². The first-order valence-corrected chi connectivity index (χ1v) is 13.7. The average molecular weight is 553 g/mol. The van der Waals surface area contributed by atoms with Crippen molar-refractivity contribution in [3.8, 4) is 0 Å². The smallest absolute Gasteiger partial charge is 0.255 e. The summed E-state index contributed by atoms with van der Waals surface area (Å²) < 4.78 is 12.9. The molecule has 4 rings (SSSR count). The van der Waals surface area contributed by atoms with E-state index in [9.17, 15) is 9.59 Å². The van der Waals surface area contributed by atoms with Crippen molar-refractivity contribution in [1.82, 2.24) is 19.3 Å². The summed E-state index contributed by atoms with van der Waals surface area (Å²) in [7, 11) is 1.62. The van der Waals surface area contributed by atoms with Gasteiger partial charge in [-0.1, -0.05) is 54.1 Å². The van der Waals surface area contributed by atoms with E-state index in [1.54, 1.807) is 41.2 Å². The molecule has 1 saturated heterocycles. The Morgan fingerprint density at radius 3 is 2.44 bits per heavy atom. The minimum absolute atomic E-state index is 0.0441. The van der Waals surface area contributed by atoms with Gasteiger partial charge in [-0.2, -0.15) is 0 Å². The third kappa shape index (κ3) is 8.41. The molecule has 0 saturated carbocycles. The van der Waals surface area contributed by atoms with Crippen LogP contribution in [-0.4, -0.2) is 97.3 Å². The lowest BCUT2D eigenvalue weighted by molar-refractivity contribution is -0.133. The lowest BCUT2D eigenvalue weighted by Gasteiger charge is -2.31. The molecule has 39 heavy (non-hydrogen) atoms. The number of amides is 2. The second-order valence-corrected chi connectivity index (χ2v) is 9.99. The summed E-state index contributed by atoms with van der Waals surface area (Å²) in [6.07, 6.45) is 2.02. The van der Waals surface area contributed by atoms with Gasteiger partial charge in [-0.05, 0) is 29.8 Å². The predicted molar refractivity (Wildman–Crippen MR) is 152 cm³/mol. The zero-order valence-electron chi connectivity index (χ0n) is 22.5. The van der Waals surface area contributed by atoms with Gasteiger partial charge in [0.2, 0.25) is 5.91 Å². The van der Waals surface area contributed by atoms with E-state index in [-0.39, 0.29) is 18.4 Å². The van der Waals surface area contributed by atoms with Gasteiger partial charge in [0.15, 0.2) is 0 Å². The number of aromatic nitrogens is 1. The van der Waals surface area contributed by atoms with Crippen molar-refractivity contribution in [2.24, 2.45) is 0 Å². The second-order valence-electron chi connectivity index (χ2n) is 9.58. The Labute approximate surface area is 235 Å². The topological polar surface area (TPSA) is 67.2 Å². The SMILES string of the molecule is COCCN(Cc1cccn1Cc1ccccc1)C(=O)CN(CCN1CCOCC1)C(=O)c1ccccc1Cl. The highest BCUT2D eigenvalue weighted by Gasteiger charge is 2.25. The fraction of sp³-hybridized carbons (Fsp3) is 0.400. The van der Waals surface area contributed by atoms with Gasteiger partial charge in [-0.15, -0.1) is 0 Å². The van der Waals surface area contributed by atoms with Crippen LogP contribution in [0.25, 0.3) is 0 Å². The summed E-state index contributed by atoms with van der Waals surface area (Å²) in [6, 6.07) is 21.2. The first-order chi connectivity index (χ1) is 19.0. The van der Waals surface area contributed by atoms with Crippen molar-refractivity contribution < 1.29 is 19.1 Å². The van der Waals surface area contributed by atoms with Gasteiger partial charge >= 0.3 is 0 Å². The van der Waals surface area contributed by atoms with Crippen molar-refractivity contribution in [2.45, 2.75) is 13.1 Å². The Bertz CT molecular complexity index is 1200. The molecule has 9 heteroatoms. The van der Waals surface area contributed by atoms with E-state index in [0.717, 1.165) is 18.8 Å². The maximum atomic E-state index is 13.7. The highest BCUT2D eigenvalue weighted by molar-refractivity contribution is 6.33. The van der Waals surface area contributed by atoms with Gasteiger partial charge in [-0.25, -0.2) is 0 Å². The largest absolute Gasteiger partial charge is 0.383 e. The molecule has 1 aliphatic rings. The molecule has 0 spiro atoms. The van der Waals surface area contributed by atoms with Gasteiger partial charge < -0.3 is 23.8 Å². The van der Waals surface area contributed by atoms with Crippen LogP contribution in [0.1, 0.15) is 21.6 Å². The van der Waals surface area contributed by atoms with Gasteiger partial charge in [0.25, 0.3) is 5.91 Å². The molecule has 3 aromatic rings. The summed E-state index contributed by atoms with van der Waals surface area (Å²) in [5.74, 6) is -0.386. The van der Waals surface area contributed by atoms with Crippen LogP contribution in [0, 0.1) is 0 Å². The minimum Gasteiger partial charge on any atom is -0.383 e. The van der Waals surface area contributed by atoms with Crippen molar-refractivity contribution in [2.75, 3.05) is 66.2 Å². The molecule has 208 valence electrons. The summed E-state index contributed by atoms with van der Waals surface area (Å²) in [6.45, 7) is 5.93. The van der Waals surface area contributed by atoms with Crippen LogP contribution < -0.4 is 0 Å². The molecular weight excluding hydrogens is 516 g/mol. The maximum absolute atomic E-state index is 13.7. The summed E-state index contributed by atoms with van der Waals surface area (Å²) >= 11 is 6.37. The van der Waals surface area contributed by atoms with Crippen molar-refractivity contribution in [1.29, 1.82) is 0 Å². The highest BCUT2D eigenvalue weighted by atomic mass is 35.5. The van der Waals surface area contributed by atoms with Crippen LogP contribution in [0.2, 0.25) is 5.02 Å². The third-order valence-electron chi connectivity index (χ3n) is 6.90. The van der Waals surface area contributed by atoms with Crippen LogP contribution in [0.3, 0.4) is 0 Å². The molecule has 2 aromatic carbocycles. The van der Waals surface area contributed by atoms with Gasteiger partial charge in [0.1, 0.15) is 6.54 Å². The maximum Gasteiger partial charge on any atom is 0.255 e. The standard InChI is InChI=1S/C30H37ClN4O4/c1-38-19-18-34(23-26-10-7-13-33(26)22-25-8-3-2-4-9-25)29(36)24-35(15-14-32-16-20-39-21-17-32)30(37)27-11-5-6-12-28(27)31/h2-13H,14-24H2,1H3. The minimum atomic E-state index is -0.249. The fourth-order valence-corrected chi connectivity index (χ4v) is 4.84. The molecule has 0 bridgehead atoms. The molecule has 2 amide bonds. The van der Waals surface area contributed by atoms with E-state index in [0.29, 0.717) is 63.1 Å². The van der Waals surface area contributed by atoms with E-state index in [2.05, 4.69) is 21.6 Å². The number of carbonyl (C=O) groups is 2. The van der Waals surface area contributed by atoms with Gasteiger partial charge in [-0.3, -0.25) is 14.5 Å². The number of halogens is 1. The molecule has 1 aromatic heterocycles. The molecule has 8 nitrogen and oxygen atoms in total. The molecule has 0 atom stereocenters. The number of benzene rings is 2. The van der Waals surface area contributed by atoms with Gasteiger partial charge in [0, 0.05) is 58.3 Å². The molecule has 0 unspecified atom stereocenters. The number of hydrogen-bond acceptors (Lipinski definition) is 5. The average Bonchev–Trinajstić information content (AvgIpc) is 3.40. The molecule has 1 aliphatic heterocycles. The van der Waals surface area contributed by atoms with E-state index in [4.69, 9.17) is 21.1 Å².